The lowest BCUT2D eigenvalue weighted by atomic mass is 9.99. The van der Waals surface area contributed by atoms with Gasteiger partial charge in [0.2, 0.25) is 17.5 Å². The molecule has 0 radical (unpaired) electrons. The zero-order valence-electron chi connectivity index (χ0n) is 16.5. The molecule has 0 bridgehead atoms. The molecule has 0 spiro atoms. The summed E-state index contributed by atoms with van der Waals surface area (Å²) < 4.78 is 20.9. The van der Waals surface area contributed by atoms with Crippen LogP contribution in [0.15, 0.2) is 51.9 Å². The molecule has 0 aliphatic carbocycles. The largest absolute Gasteiger partial charge is 0.508 e. The number of phenolic OH excluding ortho intramolecular Hbond substituents is 1. The Morgan fingerprint density at radius 3 is 2.48 bits per heavy atom. The second-order valence-corrected chi connectivity index (χ2v) is 6.86. The normalized spacial score (nSPS) is 26.0. The number of esters is 1. The van der Waals surface area contributed by atoms with Crippen molar-refractivity contribution in [1.82, 2.24) is 0 Å². The molecule has 1 fully saturated rings. The summed E-state index contributed by atoms with van der Waals surface area (Å²) in [5, 5.41) is 39.6. The van der Waals surface area contributed by atoms with Crippen LogP contribution in [0, 0.1) is 6.92 Å². The number of aliphatic hydroxyl groups excluding tert-OH is 3. The predicted octanol–water partition coefficient (Wildman–Crippen LogP) is 0.0968. The van der Waals surface area contributed by atoms with Crippen molar-refractivity contribution in [3.63, 3.8) is 0 Å². The Bertz CT molecular complexity index is 980. The van der Waals surface area contributed by atoms with Gasteiger partial charge in [0.05, 0.1) is 6.26 Å². The first-order valence-electron chi connectivity index (χ1n) is 9.35. The summed E-state index contributed by atoms with van der Waals surface area (Å²) in [4.78, 5) is 23.9. The smallest absolute Gasteiger partial charge is 0.330 e. The van der Waals surface area contributed by atoms with Crippen LogP contribution < -0.4 is 10.2 Å². The van der Waals surface area contributed by atoms with Crippen molar-refractivity contribution in [1.29, 1.82) is 0 Å². The third-order valence-electron chi connectivity index (χ3n) is 4.61. The topological polar surface area (TPSA) is 156 Å². The van der Waals surface area contributed by atoms with Gasteiger partial charge in [-0.05, 0) is 30.7 Å². The third kappa shape index (κ3) is 5.50. The van der Waals surface area contributed by atoms with Gasteiger partial charge in [-0.15, -0.1) is 0 Å². The highest BCUT2D eigenvalue weighted by molar-refractivity contribution is 5.87. The van der Waals surface area contributed by atoms with Crippen LogP contribution in [0.5, 0.6) is 11.5 Å². The van der Waals surface area contributed by atoms with Crippen LogP contribution in [0.4, 0.5) is 0 Å². The van der Waals surface area contributed by atoms with Gasteiger partial charge >= 0.3 is 5.97 Å². The lowest BCUT2D eigenvalue weighted by Gasteiger charge is -2.39. The quantitative estimate of drug-likeness (QED) is 0.363. The number of hydrogen-bond donors (Lipinski definition) is 4. The van der Waals surface area contributed by atoms with Crippen LogP contribution in [0.1, 0.15) is 11.3 Å². The molecule has 1 saturated heterocycles. The molecule has 166 valence electrons. The van der Waals surface area contributed by atoms with E-state index >= 15 is 0 Å². The number of benzene rings is 1. The Kier molecular flexibility index (Phi) is 7.08. The number of hydrogen-bond acceptors (Lipinski definition) is 10. The zero-order chi connectivity index (χ0) is 22.5. The lowest BCUT2D eigenvalue weighted by Crippen LogP contribution is -2.60. The SMILES string of the molecule is Cc1occc(=O)c1O[C@@H]1O[C@H](COC(=O)/C=C/c2ccc(O)cc2)[C@@H](O)[C@H](O)[C@H]1O. The van der Waals surface area contributed by atoms with Crippen LogP contribution in [-0.2, 0) is 14.3 Å². The molecule has 1 aliphatic rings. The van der Waals surface area contributed by atoms with Gasteiger partial charge in [0.1, 0.15) is 42.5 Å². The maximum absolute atomic E-state index is 11.9. The van der Waals surface area contributed by atoms with E-state index in [4.69, 9.17) is 18.6 Å². The van der Waals surface area contributed by atoms with Crippen molar-refractivity contribution in [2.75, 3.05) is 6.61 Å². The summed E-state index contributed by atoms with van der Waals surface area (Å²) in [6, 6.07) is 7.21. The highest BCUT2D eigenvalue weighted by Gasteiger charge is 2.45. The zero-order valence-corrected chi connectivity index (χ0v) is 16.5. The fourth-order valence-corrected chi connectivity index (χ4v) is 2.87. The van der Waals surface area contributed by atoms with Crippen molar-refractivity contribution in [3.8, 4) is 11.5 Å². The molecule has 0 amide bonds. The minimum Gasteiger partial charge on any atom is -0.508 e. The molecule has 4 N–H and O–H groups in total. The molecule has 10 nitrogen and oxygen atoms in total. The van der Waals surface area contributed by atoms with E-state index in [9.17, 15) is 30.0 Å². The van der Waals surface area contributed by atoms with Crippen molar-refractivity contribution in [2.45, 2.75) is 37.6 Å². The maximum atomic E-state index is 11.9. The van der Waals surface area contributed by atoms with Gasteiger partial charge in [-0.3, -0.25) is 4.79 Å². The molecule has 2 aromatic rings. The van der Waals surface area contributed by atoms with Crippen molar-refractivity contribution in [2.24, 2.45) is 0 Å². The standard InChI is InChI=1S/C21H22O10/c1-11-20(14(23)8-9-28-11)31-21-19(27)18(26)17(25)15(30-21)10-29-16(24)7-4-12-2-5-13(22)6-3-12/h2-9,15,17-19,21-22,25-27H,10H2,1H3/b7-4+/t15-,17-,18+,19-,21+/m1/s1. The molecule has 0 saturated carbocycles. The van der Waals surface area contributed by atoms with E-state index in [1.165, 1.54) is 31.4 Å². The molecule has 3 rings (SSSR count). The highest BCUT2D eigenvalue weighted by Crippen LogP contribution is 2.24. The number of rotatable bonds is 6. The first-order valence-corrected chi connectivity index (χ1v) is 9.35. The molecule has 1 aromatic carbocycles. The molecule has 31 heavy (non-hydrogen) atoms. The monoisotopic (exact) mass is 434 g/mol. The molecule has 1 aromatic heterocycles. The number of carbonyl (C=O) groups excluding carboxylic acids is 1. The molecular weight excluding hydrogens is 412 g/mol. The minimum atomic E-state index is -1.67. The summed E-state index contributed by atoms with van der Waals surface area (Å²) >= 11 is 0. The number of ether oxygens (including phenoxy) is 3. The van der Waals surface area contributed by atoms with Gasteiger partial charge in [-0.1, -0.05) is 12.1 Å². The van der Waals surface area contributed by atoms with Gasteiger partial charge < -0.3 is 39.1 Å². The molecule has 0 unspecified atom stereocenters. The van der Waals surface area contributed by atoms with Crippen LogP contribution >= 0.6 is 0 Å². The van der Waals surface area contributed by atoms with Crippen LogP contribution in [0.25, 0.3) is 6.08 Å². The molecule has 2 heterocycles. The Labute approximate surface area is 176 Å². The molecule has 1 aliphatic heterocycles. The van der Waals surface area contributed by atoms with E-state index in [0.29, 0.717) is 5.56 Å². The van der Waals surface area contributed by atoms with E-state index in [2.05, 4.69) is 0 Å². The number of aliphatic hydroxyl groups is 3. The van der Waals surface area contributed by atoms with Crippen LogP contribution in [-0.4, -0.2) is 63.7 Å². The fraction of sp³-hybridized carbons (Fsp3) is 0.333. The van der Waals surface area contributed by atoms with Crippen molar-refractivity contribution in [3.05, 3.63) is 64.2 Å². The first-order chi connectivity index (χ1) is 14.8. The number of carbonyl (C=O) groups is 1. The lowest BCUT2D eigenvalue weighted by molar-refractivity contribution is -0.278. The fourth-order valence-electron chi connectivity index (χ4n) is 2.87. The van der Waals surface area contributed by atoms with E-state index in [-0.39, 0.29) is 17.3 Å². The van der Waals surface area contributed by atoms with Crippen LogP contribution in [0.2, 0.25) is 0 Å². The van der Waals surface area contributed by atoms with Gasteiger partial charge in [0, 0.05) is 12.1 Å². The van der Waals surface area contributed by atoms with Gasteiger partial charge in [0.25, 0.3) is 0 Å². The van der Waals surface area contributed by atoms with Gasteiger partial charge in [-0.2, -0.15) is 0 Å². The summed E-state index contributed by atoms with van der Waals surface area (Å²) in [6.45, 7) is 1.02. The third-order valence-corrected chi connectivity index (χ3v) is 4.61. The first kappa shape index (κ1) is 22.5. The number of aromatic hydroxyl groups is 1. The summed E-state index contributed by atoms with van der Waals surface area (Å²) in [7, 11) is 0. The Balaban J connectivity index is 1.62. The number of aryl methyl sites for hydroxylation is 1. The summed E-state index contributed by atoms with van der Waals surface area (Å²) in [5.74, 6) is -0.750. The predicted molar refractivity (Wildman–Crippen MR) is 105 cm³/mol. The Morgan fingerprint density at radius 2 is 1.81 bits per heavy atom. The number of phenols is 1. The van der Waals surface area contributed by atoms with E-state index in [1.807, 2.05) is 0 Å². The van der Waals surface area contributed by atoms with Gasteiger partial charge in [0.15, 0.2) is 0 Å². The molecule has 10 heteroatoms. The van der Waals surface area contributed by atoms with Crippen molar-refractivity contribution < 1.29 is 43.8 Å². The molecule has 5 atom stereocenters. The van der Waals surface area contributed by atoms with E-state index < -0.39 is 48.7 Å². The van der Waals surface area contributed by atoms with E-state index in [0.717, 1.165) is 12.1 Å². The average molecular weight is 434 g/mol. The Morgan fingerprint density at radius 1 is 1.10 bits per heavy atom. The maximum Gasteiger partial charge on any atom is 0.330 e. The summed E-state index contributed by atoms with van der Waals surface area (Å²) in [5.41, 5.74) is 0.121. The minimum absolute atomic E-state index is 0.0872. The molecular formula is C21H22O10. The summed E-state index contributed by atoms with van der Waals surface area (Å²) in [6.07, 6.45) is -3.89. The highest BCUT2D eigenvalue weighted by atomic mass is 16.7. The Hall–Kier alpha value is -3.18. The van der Waals surface area contributed by atoms with Gasteiger partial charge in [-0.25, -0.2) is 4.79 Å². The second-order valence-electron chi connectivity index (χ2n) is 6.86. The van der Waals surface area contributed by atoms with Crippen molar-refractivity contribution >= 4 is 12.0 Å². The van der Waals surface area contributed by atoms with E-state index in [1.54, 1.807) is 12.1 Å². The average Bonchev–Trinajstić information content (AvgIpc) is 2.75. The van der Waals surface area contributed by atoms with Crippen LogP contribution in [0.3, 0.4) is 0 Å². The second kappa shape index (κ2) is 9.75.